The van der Waals surface area contributed by atoms with Gasteiger partial charge in [-0.05, 0) is 43.2 Å². The Morgan fingerprint density at radius 1 is 1.00 bits per heavy atom. The van der Waals surface area contributed by atoms with Crippen molar-refractivity contribution in [3.05, 3.63) is 47.8 Å². The van der Waals surface area contributed by atoms with Gasteiger partial charge in [0.25, 0.3) is 5.91 Å². The number of halogens is 1. The van der Waals surface area contributed by atoms with Crippen molar-refractivity contribution in [1.82, 2.24) is 4.90 Å². The van der Waals surface area contributed by atoms with Gasteiger partial charge in [-0.15, -0.1) is 0 Å². The summed E-state index contributed by atoms with van der Waals surface area (Å²) in [5.41, 5.74) is 0.850. The van der Waals surface area contributed by atoms with E-state index >= 15 is 0 Å². The van der Waals surface area contributed by atoms with Crippen LogP contribution in [-0.2, 0) is 4.79 Å². The Hall–Kier alpha value is -3.29. The molecule has 0 radical (unpaired) electrons. The van der Waals surface area contributed by atoms with E-state index in [0.717, 1.165) is 0 Å². The third kappa shape index (κ3) is 4.64. The van der Waals surface area contributed by atoms with Gasteiger partial charge in [-0.2, -0.15) is 0 Å². The first-order chi connectivity index (χ1) is 14.5. The van der Waals surface area contributed by atoms with Crippen molar-refractivity contribution < 1.29 is 28.2 Å². The summed E-state index contributed by atoms with van der Waals surface area (Å²) in [5, 5.41) is 2.74. The van der Waals surface area contributed by atoms with Crippen LogP contribution in [0, 0.1) is 11.7 Å². The van der Waals surface area contributed by atoms with Gasteiger partial charge in [0.05, 0.1) is 21.3 Å². The summed E-state index contributed by atoms with van der Waals surface area (Å²) in [5.74, 6) is 0.257. The van der Waals surface area contributed by atoms with Gasteiger partial charge < -0.3 is 24.4 Å². The highest BCUT2D eigenvalue weighted by Gasteiger charge is 2.29. The molecule has 1 N–H and O–H groups in total. The molecule has 2 amide bonds. The second kappa shape index (κ2) is 9.47. The second-order valence-corrected chi connectivity index (χ2v) is 6.98. The largest absolute Gasteiger partial charge is 0.493 e. The highest BCUT2D eigenvalue weighted by Crippen LogP contribution is 2.38. The van der Waals surface area contributed by atoms with Gasteiger partial charge in [-0.25, -0.2) is 4.39 Å². The number of piperidine rings is 1. The van der Waals surface area contributed by atoms with Gasteiger partial charge >= 0.3 is 0 Å². The lowest BCUT2D eigenvalue weighted by molar-refractivity contribution is -0.121. The Labute approximate surface area is 174 Å². The first kappa shape index (κ1) is 21.4. The lowest BCUT2D eigenvalue weighted by atomic mass is 9.95. The van der Waals surface area contributed by atoms with Crippen LogP contribution in [0.3, 0.4) is 0 Å². The van der Waals surface area contributed by atoms with Crippen molar-refractivity contribution >= 4 is 17.5 Å². The number of methoxy groups -OCH3 is 3. The molecule has 2 aromatic rings. The summed E-state index contributed by atoms with van der Waals surface area (Å²) in [4.78, 5) is 27.2. The molecule has 8 heteroatoms. The molecule has 0 aliphatic carbocycles. The summed E-state index contributed by atoms with van der Waals surface area (Å²) in [6, 6.07) is 9.02. The molecule has 7 nitrogen and oxygen atoms in total. The number of carbonyl (C=O) groups is 2. The smallest absolute Gasteiger partial charge is 0.254 e. The van der Waals surface area contributed by atoms with E-state index in [2.05, 4.69) is 5.32 Å². The van der Waals surface area contributed by atoms with Gasteiger partial charge in [-0.3, -0.25) is 9.59 Å². The molecule has 1 heterocycles. The van der Waals surface area contributed by atoms with Crippen molar-refractivity contribution in [3.63, 3.8) is 0 Å². The lowest BCUT2D eigenvalue weighted by Gasteiger charge is -2.31. The van der Waals surface area contributed by atoms with Crippen LogP contribution in [0.1, 0.15) is 23.2 Å². The Morgan fingerprint density at radius 2 is 1.63 bits per heavy atom. The van der Waals surface area contributed by atoms with Crippen LogP contribution < -0.4 is 19.5 Å². The number of hydrogen-bond acceptors (Lipinski definition) is 5. The monoisotopic (exact) mass is 416 g/mol. The number of nitrogens with one attached hydrogen (secondary N) is 1. The van der Waals surface area contributed by atoms with Crippen molar-refractivity contribution in [2.24, 2.45) is 5.92 Å². The third-order valence-electron chi connectivity index (χ3n) is 5.16. The fourth-order valence-corrected chi connectivity index (χ4v) is 3.54. The molecule has 0 atom stereocenters. The molecule has 160 valence electrons. The second-order valence-electron chi connectivity index (χ2n) is 6.98. The van der Waals surface area contributed by atoms with Gasteiger partial charge in [0.15, 0.2) is 11.5 Å². The predicted octanol–water partition coefficient (Wildman–Crippen LogP) is 3.34. The van der Waals surface area contributed by atoms with Crippen molar-refractivity contribution in [3.8, 4) is 17.2 Å². The SMILES string of the molecule is COc1cc(C(=O)N2CCC(C(=O)Nc3cccc(F)c3)CC2)cc(OC)c1OC. The quantitative estimate of drug-likeness (QED) is 0.782. The number of nitrogens with zero attached hydrogens (tertiary/aromatic N) is 1. The van der Waals surface area contributed by atoms with Crippen molar-refractivity contribution in [2.45, 2.75) is 12.8 Å². The van der Waals surface area contributed by atoms with Gasteiger partial charge in [-0.1, -0.05) is 6.07 Å². The number of hydrogen-bond donors (Lipinski definition) is 1. The minimum Gasteiger partial charge on any atom is -0.493 e. The molecule has 1 fully saturated rings. The van der Waals surface area contributed by atoms with E-state index in [1.165, 1.54) is 33.5 Å². The van der Waals surface area contributed by atoms with Crippen LogP contribution in [0.4, 0.5) is 10.1 Å². The number of amides is 2. The van der Waals surface area contributed by atoms with Crippen LogP contribution >= 0.6 is 0 Å². The molecule has 1 aliphatic rings. The Morgan fingerprint density at radius 3 is 2.17 bits per heavy atom. The molecule has 0 unspecified atom stereocenters. The molecule has 1 saturated heterocycles. The maximum atomic E-state index is 13.3. The van der Waals surface area contributed by atoms with Gasteiger partial charge in [0, 0.05) is 30.3 Å². The first-order valence-electron chi connectivity index (χ1n) is 9.62. The lowest BCUT2D eigenvalue weighted by Crippen LogP contribution is -2.41. The zero-order valence-electron chi connectivity index (χ0n) is 17.2. The summed E-state index contributed by atoms with van der Waals surface area (Å²) in [7, 11) is 4.49. The van der Waals surface area contributed by atoms with E-state index in [9.17, 15) is 14.0 Å². The Bertz CT molecular complexity index is 900. The Kier molecular flexibility index (Phi) is 6.76. The molecule has 1 aliphatic heterocycles. The van der Waals surface area contributed by atoms with Crippen LogP contribution in [-0.4, -0.2) is 51.1 Å². The summed E-state index contributed by atoms with van der Waals surface area (Å²) >= 11 is 0. The summed E-state index contributed by atoms with van der Waals surface area (Å²) in [6.45, 7) is 0.882. The highest BCUT2D eigenvalue weighted by molar-refractivity contribution is 5.96. The first-order valence-corrected chi connectivity index (χ1v) is 9.62. The molecule has 0 spiro atoms. The molecule has 3 rings (SSSR count). The summed E-state index contributed by atoms with van der Waals surface area (Å²) < 4.78 is 29.2. The predicted molar refractivity (Wildman–Crippen MR) is 110 cm³/mol. The molecule has 0 bridgehead atoms. The highest BCUT2D eigenvalue weighted by atomic mass is 19.1. The van der Waals surface area contributed by atoms with Crippen LogP contribution in [0.25, 0.3) is 0 Å². The molecule has 0 saturated carbocycles. The fraction of sp³-hybridized carbons (Fsp3) is 0.364. The number of rotatable bonds is 6. The Balaban J connectivity index is 1.64. The molecular weight excluding hydrogens is 391 g/mol. The molecule has 30 heavy (non-hydrogen) atoms. The average Bonchev–Trinajstić information content (AvgIpc) is 2.77. The van der Waals surface area contributed by atoms with E-state index in [0.29, 0.717) is 54.4 Å². The summed E-state index contributed by atoms with van der Waals surface area (Å²) in [6.07, 6.45) is 1.05. The standard InChI is InChI=1S/C22H25FN2O5/c1-28-18-11-15(12-19(29-2)20(18)30-3)22(27)25-9-7-14(8-10-25)21(26)24-17-6-4-5-16(23)13-17/h4-6,11-14H,7-10H2,1-3H3,(H,24,26). The molecule has 2 aromatic carbocycles. The van der Waals surface area contributed by atoms with E-state index < -0.39 is 5.82 Å². The van der Waals surface area contributed by atoms with Crippen molar-refractivity contribution in [1.29, 1.82) is 0 Å². The van der Waals surface area contributed by atoms with E-state index in [1.54, 1.807) is 29.2 Å². The van der Waals surface area contributed by atoms with Crippen LogP contribution in [0.2, 0.25) is 0 Å². The maximum absolute atomic E-state index is 13.3. The number of ether oxygens (including phenoxy) is 3. The normalized spacial score (nSPS) is 14.2. The zero-order chi connectivity index (χ0) is 21.7. The minimum atomic E-state index is -0.404. The number of carbonyl (C=O) groups excluding carboxylic acids is 2. The average molecular weight is 416 g/mol. The fourth-order valence-electron chi connectivity index (χ4n) is 3.54. The van der Waals surface area contributed by atoms with Crippen LogP contribution in [0.5, 0.6) is 17.2 Å². The topological polar surface area (TPSA) is 77.1 Å². The minimum absolute atomic E-state index is 0.166. The molecule has 0 aromatic heterocycles. The number of anilines is 1. The van der Waals surface area contributed by atoms with Gasteiger partial charge in [0.1, 0.15) is 5.82 Å². The van der Waals surface area contributed by atoms with Crippen LogP contribution in [0.15, 0.2) is 36.4 Å². The van der Waals surface area contributed by atoms with E-state index in [-0.39, 0.29) is 17.7 Å². The number of benzene rings is 2. The maximum Gasteiger partial charge on any atom is 0.254 e. The van der Waals surface area contributed by atoms with Crippen molar-refractivity contribution in [2.75, 3.05) is 39.7 Å². The van der Waals surface area contributed by atoms with E-state index in [4.69, 9.17) is 14.2 Å². The third-order valence-corrected chi connectivity index (χ3v) is 5.16. The van der Waals surface area contributed by atoms with E-state index in [1.807, 2.05) is 0 Å². The van der Waals surface area contributed by atoms with Gasteiger partial charge in [0.2, 0.25) is 11.7 Å². The molecular formula is C22H25FN2O5. The number of likely N-dealkylation sites (tertiary alicyclic amines) is 1. The zero-order valence-corrected chi connectivity index (χ0v) is 17.2.